The average Bonchev–Trinajstić information content (AvgIpc) is 1.95. The fourth-order valence-corrected chi connectivity index (χ4v) is 1.44. The van der Waals surface area contributed by atoms with Gasteiger partial charge in [-0.05, 0) is 32.1 Å². The second-order valence-corrected chi connectivity index (χ2v) is 3.23. The minimum Gasteiger partial charge on any atom is -0.393 e. The van der Waals surface area contributed by atoms with E-state index in [9.17, 15) is 5.11 Å². The van der Waals surface area contributed by atoms with Gasteiger partial charge in [0.05, 0.1) is 6.10 Å². The van der Waals surface area contributed by atoms with Crippen LogP contribution in [0.25, 0.3) is 0 Å². The third kappa shape index (κ3) is 1.60. The first kappa shape index (κ1) is 7.80. The smallest absolute Gasteiger partial charge is 0.0602 e. The third-order valence-electron chi connectivity index (χ3n) is 2.46. The Balaban J connectivity index is 2.48. The van der Waals surface area contributed by atoms with Gasteiger partial charge >= 0.3 is 0 Å². The summed E-state index contributed by atoms with van der Waals surface area (Å²) in [7, 11) is 0. The first-order valence-corrected chi connectivity index (χ1v) is 4.06. The lowest BCUT2D eigenvalue weighted by Gasteiger charge is -2.26. The van der Waals surface area contributed by atoms with Crippen LogP contribution in [0.15, 0.2) is 11.6 Å². The van der Waals surface area contributed by atoms with E-state index in [1.165, 1.54) is 12.0 Å². The lowest BCUT2D eigenvalue weighted by Crippen LogP contribution is -2.22. The van der Waals surface area contributed by atoms with Crippen molar-refractivity contribution >= 4 is 0 Å². The Hall–Kier alpha value is -0.300. The number of hydrogen-bond donors (Lipinski definition) is 1. The Morgan fingerprint density at radius 2 is 2.30 bits per heavy atom. The van der Waals surface area contributed by atoms with Crippen molar-refractivity contribution in [1.29, 1.82) is 0 Å². The van der Waals surface area contributed by atoms with Crippen LogP contribution in [-0.4, -0.2) is 11.2 Å². The van der Waals surface area contributed by atoms with Gasteiger partial charge in [-0.15, -0.1) is 0 Å². The maximum absolute atomic E-state index is 9.44. The van der Waals surface area contributed by atoms with Gasteiger partial charge in [-0.2, -0.15) is 0 Å². The predicted octanol–water partition coefficient (Wildman–Crippen LogP) is 2.11. The molecule has 0 radical (unpaired) electrons. The molecule has 1 fully saturated rings. The topological polar surface area (TPSA) is 20.2 Å². The van der Waals surface area contributed by atoms with Crippen molar-refractivity contribution < 1.29 is 5.11 Å². The zero-order valence-corrected chi connectivity index (χ0v) is 6.80. The van der Waals surface area contributed by atoms with Crippen molar-refractivity contribution in [2.75, 3.05) is 0 Å². The highest BCUT2D eigenvalue weighted by molar-refractivity contribution is 5.05. The highest BCUT2D eigenvalue weighted by Crippen LogP contribution is 2.27. The largest absolute Gasteiger partial charge is 0.393 e. The molecule has 58 valence electrons. The summed E-state index contributed by atoms with van der Waals surface area (Å²) in [4.78, 5) is 0. The van der Waals surface area contributed by atoms with Gasteiger partial charge in [0.1, 0.15) is 0 Å². The van der Waals surface area contributed by atoms with Gasteiger partial charge < -0.3 is 5.11 Å². The molecule has 10 heavy (non-hydrogen) atoms. The van der Waals surface area contributed by atoms with E-state index in [1.54, 1.807) is 0 Å². The first-order valence-electron chi connectivity index (χ1n) is 4.06. The van der Waals surface area contributed by atoms with Crippen molar-refractivity contribution in [3.05, 3.63) is 11.6 Å². The fraction of sp³-hybridized carbons (Fsp3) is 0.778. The molecule has 0 aliphatic heterocycles. The fourth-order valence-electron chi connectivity index (χ4n) is 1.44. The standard InChI is InChI=1S/C9H16O/c1-3-8-5-4-7(2)9(10)6-8/h3,7,9-10H,4-6H2,1-2H3/b8-3+/t7-,9-/m1/s1. The lowest BCUT2D eigenvalue weighted by molar-refractivity contribution is 0.0978. The summed E-state index contributed by atoms with van der Waals surface area (Å²) in [5, 5.41) is 9.44. The molecule has 0 aromatic rings. The number of aliphatic hydroxyl groups is 1. The van der Waals surface area contributed by atoms with Crippen molar-refractivity contribution in [2.24, 2.45) is 5.92 Å². The molecule has 0 heterocycles. The second-order valence-electron chi connectivity index (χ2n) is 3.23. The molecule has 1 rings (SSSR count). The zero-order valence-electron chi connectivity index (χ0n) is 6.80. The number of allylic oxidation sites excluding steroid dienone is 1. The van der Waals surface area contributed by atoms with Gasteiger partial charge in [0.15, 0.2) is 0 Å². The van der Waals surface area contributed by atoms with E-state index in [2.05, 4.69) is 19.9 Å². The molecule has 1 heteroatoms. The first-order chi connectivity index (χ1) is 4.74. The van der Waals surface area contributed by atoms with E-state index >= 15 is 0 Å². The van der Waals surface area contributed by atoms with Crippen LogP contribution >= 0.6 is 0 Å². The molecule has 0 spiro atoms. The van der Waals surface area contributed by atoms with Gasteiger partial charge in [0.2, 0.25) is 0 Å². The van der Waals surface area contributed by atoms with Gasteiger partial charge in [0.25, 0.3) is 0 Å². The molecule has 1 N–H and O–H groups in total. The van der Waals surface area contributed by atoms with E-state index in [1.807, 2.05) is 0 Å². The van der Waals surface area contributed by atoms with Gasteiger partial charge in [0, 0.05) is 0 Å². The van der Waals surface area contributed by atoms with Crippen LogP contribution in [0.4, 0.5) is 0 Å². The van der Waals surface area contributed by atoms with E-state index in [0.29, 0.717) is 5.92 Å². The summed E-state index contributed by atoms with van der Waals surface area (Å²) >= 11 is 0. The molecule has 2 atom stereocenters. The van der Waals surface area contributed by atoms with E-state index in [4.69, 9.17) is 0 Å². The maximum Gasteiger partial charge on any atom is 0.0602 e. The summed E-state index contributed by atoms with van der Waals surface area (Å²) in [6.07, 6.45) is 5.29. The molecule has 0 unspecified atom stereocenters. The van der Waals surface area contributed by atoms with Crippen LogP contribution in [0.3, 0.4) is 0 Å². The minimum atomic E-state index is -0.0834. The summed E-state index contributed by atoms with van der Waals surface area (Å²) in [6, 6.07) is 0. The Morgan fingerprint density at radius 3 is 2.80 bits per heavy atom. The number of aliphatic hydroxyl groups excluding tert-OH is 1. The summed E-state index contributed by atoms with van der Waals surface area (Å²) in [6.45, 7) is 4.18. The van der Waals surface area contributed by atoms with Gasteiger partial charge in [-0.1, -0.05) is 18.6 Å². The highest BCUT2D eigenvalue weighted by atomic mass is 16.3. The summed E-state index contributed by atoms with van der Waals surface area (Å²) < 4.78 is 0. The van der Waals surface area contributed by atoms with Crippen LogP contribution < -0.4 is 0 Å². The molecule has 1 saturated carbocycles. The monoisotopic (exact) mass is 140 g/mol. The average molecular weight is 140 g/mol. The lowest BCUT2D eigenvalue weighted by atomic mass is 9.85. The summed E-state index contributed by atoms with van der Waals surface area (Å²) in [5.41, 5.74) is 1.42. The molecule has 1 nitrogen and oxygen atoms in total. The zero-order chi connectivity index (χ0) is 7.56. The molecule has 1 aliphatic rings. The van der Waals surface area contributed by atoms with Crippen LogP contribution in [0.2, 0.25) is 0 Å². The van der Waals surface area contributed by atoms with Crippen LogP contribution in [0.1, 0.15) is 33.1 Å². The quantitative estimate of drug-likeness (QED) is 0.511. The normalized spacial score (nSPS) is 38.5. The second kappa shape index (κ2) is 3.20. The molecular formula is C9H16O. The third-order valence-corrected chi connectivity index (χ3v) is 2.46. The Bertz CT molecular complexity index is 138. The summed E-state index contributed by atoms with van der Waals surface area (Å²) in [5.74, 6) is 0.503. The maximum atomic E-state index is 9.44. The van der Waals surface area contributed by atoms with Crippen molar-refractivity contribution in [3.8, 4) is 0 Å². The molecule has 1 aliphatic carbocycles. The highest BCUT2D eigenvalue weighted by Gasteiger charge is 2.20. The van der Waals surface area contributed by atoms with Crippen LogP contribution in [0.5, 0.6) is 0 Å². The van der Waals surface area contributed by atoms with Crippen LogP contribution in [-0.2, 0) is 0 Å². The molecule has 0 aromatic heterocycles. The van der Waals surface area contributed by atoms with Crippen LogP contribution in [0, 0.1) is 5.92 Å². The number of rotatable bonds is 0. The molecule has 0 bridgehead atoms. The molecular weight excluding hydrogens is 124 g/mol. The molecule has 0 amide bonds. The Morgan fingerprint density at radius 1 is 1.60 bits per heavy atom. The van der Waals surface area contributed by atoms with Crippen molar-refractivity contribution in [3.63, 3.8) is 0 Å². The van der Waals surface area contributed by atoms with Crippen molar-refractivity contribution in [1.82, 2.24) is 0 Å². The minimum absolute atomic E-state index is 0.0834. The number of hydrogen-bond acceptors (Lipinski definition) is 1. The SMILES string of the molecule is C/C=C1\CC[C@@H](C)[C@H](O)C1. The predicted molar refractivity (Wildman–Crippen MR) is 42.8 cm³/mol. The molecule has 0 aromatic carbocycles. The van der Waals surface area contributed by atoms with E-state index in [0.717, 1.165) is 12.8 Å². The van der Waals surface area contributed by atoms with Crippen molar-refractivity contribution in [2.45, 2.75) is 39.2 Å². The van der Waals surface area contributed by atoms with E-state index < -0.39 is 0 Å². The van der Waals surface area contributed by atoms with Gasteiger partial charge in [-0.3, -0.25) is 0 Å². The Labute approximate surface area is 62.8 Å². The molecule has 0 saturated heterocycles. The van der Waals surface area contributed by atoms with E-state index in [-0.39, 0.29) is 6.10 Å². The van der Waals surface area contributed by atoms with Gasteiger partial charge in [-0.25, -0.2) is 0 Å². The Kier molecular flexibility index (Phi) is 2.50.